The molecule has 1 aliphatic rings. The molecule has 2 rings (SSSR count). The zero-order valence-corrected chi connectivity index (χ0v) is 13.0. The van der Waals surface area contributed by atoms with Gasteiger partial charge in [-0.15, -0.1) is 0 Å². The standard InChI is InChI=1S/C17H25NO3/c1-3-16-12-18(9-10-20-16)11-14(2)17(19)21-13-15-7-5-4-6-8-15/h4-8,14,16H,3,9-13H2,1-2H3. The van der Waals surface area contributed by atoms with Crippen LogP contribution in [-0.2, 0) is 20.9 Å². The lowest BCUT2D eigenvalue weighted by Crippen LogP contribution is -2.45. The Labute approximate surface area is 127 Å². The molecule has 0 saturated carbocycles. The Balaban J connectivity index is 1.74. The summed E-state index contributed by atoms with van der Waals surface area (Å²) >= 11 is 0. The molecule has 1 aromatic rings. The molecule has 2 atom stereocenters. The van der Waals surface area contributed by atoms with E-state index in [0.29, 0.717) is 12.7 Å². The molecule has 21 heavy (non-hydrogen) atoms. The smallest absolute Gasteiger partial charge is 0.310 e. The predicted molar refractivity (Wildman–Crippen MR) is 81.9 cm³/mol. The van der Waals surface area contributed by atoms with E-state index in [0.717, 1.165) is 38.2 Å². The molecule has 0 radical (unpaired) electrons. The minimum absolute atomic E-state index is 0.107. The van der Waals surface area contributed by atoms with Crippen molar-refractivity contribution >= 4 is 5.97 Å². The van der Waals surface area contributed by atoms with Gasteiger partial charge in [0.2, 0.25) is 0 Å². The van der Waals surface area contributed by atoms with Gasteiger partial charge in [-0.1, -0.05) is 44.2 Å². The van der Waals surface area contributed by atoms with Gasteiger partial charge in [0, 0.05) is 19.6 Å². The number of rotatable bonds is 6. The van der Waals surface area contributed by atoms with Crippen LogP contribution in [0.15, 0.2) is 30.3 Å². The maximum Gasteiger partial charge on any atom is 0.310 e. The van der Waals surface area contributed by atoms with Crippen molar-refractivity contribution in [3.63, 3.8) is 0 Å². The number of nitrogens with zero attached hydrogens (tertiary/aromatic N) is 1. The number of hydrogen-bond donors (Lipinski definition) is 0. The molecule has 1 aromatic carbocycles. The highest BCUT2D eigenvalue weighted by Gasteiger charge is 2.23. The third-order valence-electron chi connectivity index (χ3n) is 3.84. The number of morpholine rings is 1. The molecule has 4 nitrogen and oxygen atoms in total. The molecule has 4 heteroatoms. The van der Waals surface area contributed by atoms with E-state index < -0.39 is 0 Å². The molecule has 0 aliphatic carbocycles. The van der Waals surface area contributed by atoms with Crippen LogP contribution in [0.1, 0.15) is 25.8 Å². The van der Waals surface area contributed by atoms with Crippen LogP contribution in [0.25, 0.3) is 0 Å². The van der Waals surface area contributed by atoms with Crippen LogP contribution in [0.4, 0.5) is 0 Å². The fourth-order valence-electron chi connectivity index (χ4n) is 2.53. The summed E-state index contributed by atoms with van der Waals surface area (Å²) in [5, 5.41) is 0. The molecule has 0 aromatic heterocycles. The van der Waals surface area contributed by atoms with Crippen molar-refractivity contribution < 1.29 is 14.3 Å². The lowest BCUT2D eigenvalue weighted by molar-refractivity contribution is -0.150. The van der Waals surface area contributed by atoms with Crippen LogP contribution in [0.5, 0.6) is 0 Å². The monoisotopic (exact) mass is 291 g/mol. The number of esters is 1. The summed E-state index contributed by atoms with van der Waals surface area (Å²) in [7, 11) is 0. The molecule has 2 unspecified atom stereocenters. The van der Waals surface area contributed by atoms with Crippen LogP contribution < -0.4 is 0 Å². The van der Waals surface area contributed by atoms with Gasteiger partial charge >= 0.3 is 5.97 Å². The molecule has 0 spiro atoms. The summed E-state index contributed by atoms with van der Waals surface area (Å²) in [6, 6.07) is 9.78. The maximum atomic E-state index is 12.1. The molecule has 116 valence electrons. The van der Waals surface area contributed by atoms with Gasteiger partial charge in [-0.25, -0.2) is 0 Å². The van der Waals surface area contributed by atoms with Crippen molar-refractivity contribution in [2.75, 3.05) is 26.2 Å². The van der Waals surface area contributed by atoms with Crippen molar-refractivity contribution in [3.05, 3.63) is 35.9 Å². The van der Waals surface area contributed by atoms with Crippen LogP contribution in [0.2, 0.25) is 0 Å². The van der Waals surface area contributed by atoms with Gasteiger partial charge in [0.1, 0.15) is 6.61 Å². The average molecular weight is 291 g/mol. The van der Waals surface area contributed by atoms with Gasteiger partial charge in [0.15, 0.2) is 0 Å². The Morgan fingerprint density at radius 3 is 2.90 bits per heavy atom. The molecule has 1 fully saturated rings. The first-order valence-corrected chi connectivity index (χ1v) is 7.73. The zero-order chi connectivity index (χ0) is 15.1. The average Bonchev–Trinajstić information content (AvgIpc) is 2.53. The van der Waals surface area contributed by atoms with E-state index in [4.69, 9.17) is 9.47 Å². The minimum atomic E-state index is -0.126. The minimum Gasteiger partial charge on any atom is -0.461 e. The Bertz CT molecular complexity index is 435. The van der Waals surface area contributed by atoms with E-state index in [1.54, 1.807) is 0 Å². The number of ether oxygens (including phenoxy) is 2. The first-order chi connectivity index (χ1) is 10.2. The van der Waals surface area contributed by atoms with Crippen molar-refractivity contribution in [1.29, 1.82) is 0 Å². The normalized spacial score (nSPS) is 21.0. The Kier molecular flexibility index (Phi) is 6.21. The molecule has 1 saturated heterocycles. The third-order valence-corrected chi connectivity index (χ3v) is 3.84. The van der Waals surface area contributed by atoms with Crippen LogP contribution in [0, 0.1) is 5.92 Å². The second kappa shape index (κ2) is 8.15. The highest BCUT2D eigenvalue weighted by atomic mass is 16.5. The quantitative estimate of drug-likeness (QED) is 0.755. The predicted octanol–water partition coefficient (Wildman–Crippen LogP) is 2.48. The Morgan fingerprint density at radius 2 is 2.19 bits per heavy atom. The highest BCUT2D eigenvalue weighted by molar-refractivity contribution is 5.72. The summed E-state index contributed by atoms with van der Waals surface area (Å²) < 4.78 is 11.0. The lowest BCUT2D eigenvalue weighted by Gasteiger charge is -2.33. The van der Waals surface area contributed by atoms with Crippen LogP contribution in [-0.4, -0.2) is 43.2 Å². The molecule has 0 amide bonds. The van der Waals surface area contributed by atoms with Gasteiger partial charge in [-0.3, -0.25) is 9.69 Å². The summed E-state index contributed by atoms with van der Waals surface area (Å²) in [5.41, 5.74) is 1.02. The van der Waals surface area contributed by atoms with E-state index in [2.05, 4.69) is 11.8 Å². The summed E-state index contributed by atoms with van der Waals surface area (Å²) in [6.45, 7) is 7.72. The van der Waals surface area contributed by atoms with E-state index in [9.17, 15) is 4.79 Å². The Morgan fingerprint density at radius 1 is 1.43 bits per heavy atom. The second-order valence-corrected chi connectivity index (χ2v) is 5.65. The van der Waals surface area contributed by atoms with Crippen molar-refractivity contribution in [2.24, 2.45) is 5.92 Å². The number of carbonyl (C=O) groups excluding carboxylic acids is 1. The number of benzene rings is 1. The van der Waals surface area contributed by atoms with Crippen molar-refractivity contribution in [2.45, 2.75) is 33.0 Å². The summed E-state index contributed by atoms with van der Waals surface area (Å²) in [6.07, 6.45) is 1.31. The summed E-state index contributed by atoms with van der Waals surface area (Å²) in [5.74, 6) is -0.234. The first-order valence-electron chi connectivity index (χ1n) is 7.73. The largest absolute Gasteiger partial charge is 0.461 e. The number of hydrogen-bond acceptors (Lipinski definition) is 4. The SMILES string of the molecule is CCC1CN(CC(C)C(=O)OCc2ccccc2)CCO1. The molecule has 1 aliphatic heterocycles. The van der Waals surface area contributed by atoms with Crippen LogP contribution >= 0.6 is 0 Å². The van der Waals surface area contributed by atoms with E-state index in [1.165, 1.54) is 0 Å². The molecular weight excluding hydrogens is 266 g/mol. The van der Waals surface area contributed by atoms with E-state index in [1.807, 2.05) is 37.3 Å². The van der Waals surface area contributed by atoms with E-state index >= 15 is 0 Å². The van der Waals surface area contributed by atoms with Gasteiger partial charge in [0.25, 0.3) is 0 Å². The summed E-state index contributed by atoms with van der Waals surface area (Å²) in [4.78, 5) is 14.4. The molecule has 0 bridgehead atoms. The van der Waals surface area contributed by atoms with Gasteiger partial charge < -0.3 is 9.47 Å². The third kappa shape index (κ3) is 5.14. The topological polar surface area (TPSA) is 38.8 Å². The molecule has 0 N–H and O–H groups in total. The first kappa shape index (κ1) is 16.0. The fraction of sp³-hybridized carbons (Fsp3) is 0.588. The van der Waals surface area contributed by atoms with Crippen molar-refractivity contribution in [1.82, 2.24) is 4.90 Å². The number of carbonyl (C=O) groups is 1. The van der Waals surface area contributed by atoms with Gasteiger partial charge in [-0.05, 0) is 12.0 Å². The van der Waals surface area contributed by atoms with Crippen LogP contribution in [0.3, 0.4) is 0 Å². The molecular formula is C17H25NO3. The highest BCUT2D eigenvalue weighted by Crippen LogP contribution is 2.12. The zero-order valence-electron chi connectivity index (χ0n) is 13.0. The van der Waals surface area contributed by atoms with E-state index in [-0.39, 0.29) is 11.9 Å². The van der Waals surface area contributed by atoms with Crippen molar-refractivity contribution in [3.8, 4) is 0 Å². The lowest BCUT2D eigenvalue weighted by atomic mass is 10.1. The van der Waals surface area contributed by atoms with Gasteiger partial charge in [-0.2, -0.15) is 0 Å². The fourth-order valence-corrected chi connectivity index (χ4v) is 2.53. The second-order valence-electron chi connectivity index (χ2n) is 5.65. The van der Waals surface area contributed by atoms with Gasteiger partial charge in [0.05, 0.1) is 18.6 Å². The maximum absolute atomic E-state index is 12.1. The Hall–Kier alpha value is -1.39. The molecule has 1 heterocycles.